The minimum atomic E-state index is 0.141. The number of carbonyl (C=O) groups excluding carboxylic acids is 1. The molecule has 60 valence electrons. The van der Waals surface area contributed by atoms with Crippen molar-refractivity contribution in [2.45, 2.75) is 27.2 Å². The molecule has 0 radical (unpaired) electrons. The summed E-state index contributed by atoms with van der Waals surface area (Å²) in [7, 11) is 0. The SMILES string of the molecule is CC(=O)Cc1oc(C)cc1C. The predicted molar refractivity (Wildman–Crippen MR) is 42.6 cm³/mol. The second kappa shape index (κ2) is 2.91. The smallest absolute Gasteiger partial charge is 0.137 e. The highest BCUT2D eigenvalue weighted by molar-refractivity contribution is 5.77. The first-order valence-corrected chi connectivity index (χ1v) is 3.65. The average Bonchev–Trinajstić information content (AvgIpc) is 2.09. The van der Waals surface area contributed by atoms with Crippen LogP contribution in [0.4, 0.5) is 0 Å². The molecule has 0 unspecified atom stereocenters. The largest absolute Gasteiger partial charge is 0.466 e. The van der Waals surface area contributed by atoms with E-state index < -0.39 is 0 Å². The van der Waals surface area contributed by atoms with E-state index in [1.54, 1.807) is 6.92 Å². The lowest BCUT2D eigenvalue weighted by atomic mass is 10.2. The van der Waals surface area contributed by atoms with Gasteiger partial charge in [0.2, 0.25) is 0 Å². The van der Waals surface area contributed by atoms with E-state index in [4.69, 9.17) is 4.42 Å². The van der Waals surface area contributed by atoms with E-state index in [9.17, 15) is 4.79 Å². The summed E-state index contributed by atoms with van der Waals surface area (Å²) in [6.45, 7) is 5.41. The molecule has 0 N–H and O–H groups in total. The Bertz CT molecular complexity index is 271. The molecule has 1 aromatic rings. The van der Waals surface area contributed by atoms with Crippen LogP contribution in [0.25, 0.3) is 0 Å². The highest BCUT2D eigenvalue weighted by atomic mass is 16.3. The van der Waals surface area contributed by atoms with Gasteiger partial charge in [0.1, 0.15) is 17.3 Å². The molecule has 11 heavy (non-hydrogen) atoms. The minimum Gasteiger partial charge on any atom is -0.466 e. The van der Waals surface area contributed by atoms with Crippen LogP contribution in [0, 0.1) is 13.8 Å². The molecule has 0 saturated heterocycles. The van der Waals surface area contributed by atoms with Crippen molar-refractivity contribution in [3.63, 3.8) is 0 Å². The summed E-state index contributed by atoms with van der Waals surface area (Å²) >= 11 is 0. The molecule has 0 fully saturated rings. The molecule has 1 rings (SSSR count). The van der Waals surface area contributed by atoms with Crippen LogP contribution in [0.3, 0.4) is 0 Å². The van der Waals surface area contributed by atoms with Crippen LogP contribution in [0.1, 0.15) is 24.0 Å². The Morgan fingerprint density at radius 1 is 1.55 bits per heavy atom. The summed E-state index contributed by atoms with van der Waals surface area (Å²) in [6.07, 6.45) is 0.416. The van der Waals surface area contributed by atoms with Crippen molar-refractivity contribution in [1.29, 1.82) is 0 Å². The van der Waals surface area contributed by atoms with Gasteiger partial charge in [0, 0.05) is 0 Å². The fourth-order valence-electron chi connectivity index (χ4n) is 1.09. The van der Waals surface area contributed by atoms with Crippen molar-refractivity contribution in [2.75, 3.05) is 0 Å². The second-order valence-electron chi connectivity index (χ2n) is 2.84. The van der Waals surface area contributed by atoms with Gasteiger partial charge in [-0.2, -0.15) is 0 Å². The normalized spacial score (nSPS) is 10.1. The zero-order chi connectivity index (χ0) is 8.43. The lowest BCUT2D eigenvalue weighted by molar-refractivity contribution is -0.116. The van der Waals surface area contributed by atoms with Gasteiger partial charge in [0.15, 0.2) is 0 Å². The molecule has 1 aromatic heterocycles. The molecule has 0 aliphatic rings. The van der Waals surface area contributed by atoms with E-state index in [0.717, 1.165) is 17.1 Å². The number of hydrogen-bond acceptors (Lipinski definition) is 2. The summed E-state index contributed by atoms with van der Waals surface area (Å²) in [5.74, 6) is 1.82. The Morgan fingerprint density at radius 3 is 2.55 bits per heavy atom. The predicted octanol–water partition coefficient (Wildman–Crippen LogP) is 2.03. The van der Waals surface area contributed by atoms with Crippen LogP contribution in [-0.2, 0) is 11.2 Å². The molecule has 2 heteroatoms. The van der Waals surface area contributed by atoms with Crippen molar-refractivity contribution in [1.82, 2.24) is 0 Å². The molecule has 0 aliphatic carbocycles. The maximum absolute atomic E-state index is 10.7. The molecule has 0 aliphatic heterocycles. The standard InChI is InChI=1S/C9H12O2/c1-6-4-8(3)11-9(6)5-7(2)10/h4H,5H2,1-3H3. The fourth-order valence-corrected chi connectivity index (χ4v) is 1.09. The highest BCUT2D eigenvalue weighted by Gasteiger charge is 2.06. The van der Waals surface area contributed by atoms with E-state index >= 15 is 0 Å². The van der Waals surface area contributed by atoms with Crippen molar-refractivity contribution in [3.05, 3.63) is 23.2 Å². The zero-order valence-corrected chi connectivity index (χ0v) is 7.10. The van der Waals surface area contributed by atoms with Gasteiger partial charge < -0.3 is 4.42 Å². The monoisotopic (exact) mass is 152 g/mol. The van der Waals surface area contributed by atoms with Crippen molar-refractivity contribution in [2.24, 2.45) is 0 Å². The third kappa shape index (κ3) is 1.93. The summed E-state index contributed by atoms with van der Waals surface area (Å²) in [6, 6.07) is 1.94. The topological polar surface area (TPSA) is 30.2 Å². The molecule has 0 bridgehead atoms. The average molecular weight is 152 g/mol. The van der Waals surface area contributed by atoms with E-state index in [1.165, 1.54) is 0 Å². The maximum atomic E-state index is 10.7. The Balaban J connectivity index is 2.85. The van der Waals surface area contributed by atoms with Crippen LogP contribution >= 0.6 is 0 Å². The highest BCUT2D eigenvalue weighted by Crippen LogP contribution is 2.13. The first-order valence-electron chi connectivity index (χ1n) is 3.65. The summed E-state index contributed by atoms with van der Waals surface area (Å²) < 4.78 is 5.30. The molecule has 0 saturated carbocycles. The molecular formula is C9H12O2. The van der Waals surface area contributed by atoms with Gasteiger partial charge in [0.25, 0.3) is 0 Å². The van der Waals surface area contributed by atoms with Gasteiger partial charge in [-0.15, -0.1) is 0 Å². The number of carbonyl (C=O) groups is 1. The Kier molecular flexibility index (Phi) is 2.13. The van der Waals surface area contributed by atoms with Crippen LogP contribution in [0.15, 0.2) is 10.5 Å². The maximum Gasteiger partial charge on any atom is 0.137 e. The molecule has 2 nitrogen and oxygen atoms in total. The minimum absolute atomic E-state index is 0.141. The molecular weight excluding hydrogens is 140 g/mol. The van der Waals surface area contributed by atoms with Crippen LogP contribution in [-0.4, -0.2) is 5.78 Å². The fraction of sp³-hybridized carbons (Fsp3) is 0.444. The number of hydrogen-bond donors (Lipinski definition) is 0. The molecule has 0 amide bonds. The van der Waals surface area contributed by atoms with Crippen molar-refractivity contribution >= 4 is 5.78 Å². The van der Waals surface area contributed by atoms with Crippen LogP contribution in [0.2, 0.25) is 0 Å². The second-order valence-corrected chi connectivity index (χ2v) is 2.84. The van der Waals surface area contributed by atoms with Crippen molar-refractivity contribution in [3.8, 4) is 0 Å². The van der Waals surface area contributed by atoms with E-state index in [2.05, 4.69) is 0 Å². The molecule has 0 spiro atoms. The number of aryl methyl sites for hydroxylation is 2. The summed E-state index contributed by atoms with van der Waals surface area (Å²) in [5, 5.41) is 0. The van der Waals surface area contributed by atoms with E-state index in [-0.39, 0.29) is 5.78 Å². The van der Waals surface area contributed by atoms with Gasteiger partial charge >= 0.3 is 0 Å². The Labute approximate surface area is 66.2 Å². The zero-order valence-electron chi connectivity index (χ0n) is 7.10. The van der Waals surface area contributed by atoms with Gasteiger partial charge in [-0.25, -0.2) is 0 Å². The van der Waals surface area contributed by atoms with E-state index in [1.807, 2.05) is 19.9 Å². The summed E-state index contributed by atoms with van der Waals surface area (Å²) in [5.41, 5.74) is 1.07. The van der Waals surface area contributed by atoms with Gasteiger partial charge in [-0.05, 0) is 32.4 Å². The van der Waals surface area contributed by atoms with Crippen LogP contribution < -0.4 is 0 Å². The third-order valence-electron chi connectivity index (χ3n) is 1.55. The number of furan rings is 1. The van der Waals surface area contributed by atoms with Crippen molar-refractivity contribution < 1.29 is 9.21 Å². The quantitative estimate of drug-likeness (QED) is 0.649. The van der Waals surface area contributed by atoms with Crippen LogP contribution in [0.5, 0.6) is 0 Å². The molecule has 0 atom stereocenters. The van der Waals surface area contributed by atoms with Gasteiger partial charge in [-0.1, -0.05) is 0 Å². The lowest BCUT2D eigenvalue weighted by Gasteiger charge is -1.91. The molecule has 1 heterocycles. The number of ketones is 1. The lowest BCUT2D eigenvalue weighted by Crippen LogP contribution is -1.95. The number of rotatable bonds is 2. The van der Waals surface area contributed by atoms with E-state index in [0.29, 0.717) is 6.42 Å². The Morgan fingerprint density at radius 2 is 2.18 bits per heavy atom. The summed E-state index contributed by atoms with van der Waals surface area (Å²) in [4.78, 5) is 10.7. The molecule has 0 aromatic carbocycles. The number of Topliss-reactive ketones (excluding diaryl/α,β-unsaturated/α-hetero) is 1. The first kappa shape index (κ1) is 8.05. The first-order chi connectivity index (χ1) is 5.09. The third-order valence-corrected chi connectivity index (χ3v) is 1.55. The Hall–Kier alpha value is -1.05. The van der Waals surface area contributed by atoms with Gasteiger partial charge in [0.05, 0.1) is 6.42 Å². The van der Waals surface area contributed by atoms with Gasteiger partial charge in [-0.3, -0.25) is 4.79 Å².